The number of fused-ring (bicyclic) bond motifs is 1. The quantitative estimate of drug-likeness (QED) is 0.427. The van der Waals surface area contributed by atoms with Gasteiger partial charge in [-0.1, -0.05) is 42.5 Å². The van der Waals surface area contributed by atoms with Gasteiger partial charge in [-0.05, 0) is 63.3 Å². The second-order valence-electron chi connectivity index (χ2n) is 10.4. The van der Waals surface area contributed by atoms with Crippen LogP contribution in [0, 0.1) is 6.92 Å². The van der Waals surface area contributed by atoms with Gasteiger partial charge in [-0.25, -0.2) is 13.1 Å². The highest BCUT2D eigenvalue weighted by atomic mass is 32.2. The van der Waals surface area contributed by atoms with Crippen LogP contribution in [-0.2, 0) is 19.7 Å². The van der Waals surface area contributed by atoms with Crippen molar-refractivity contribution in [1.29, 1.82) is 0 Å². The van der Waals surface area contributed by atoms with Crippen molar-refractivity contribution in [2.75, 3.05) is 31.6 Å². The van der Waals surface area contributed by atoms with Crippen LogP contribution in [0.2, 0.25) is 0 Å². The molecule has 2 aliphatic heterocycles. The van der Waals surface area contributed by atoms with Crippen molar-refractivity contribution in [2.24, 2.45) is 0 Å². The first-order chi connectivity index (χ1) is 19.3. The van der Waals surface area contributed by atoms with E-state index in [2.05, 4.69) is 10.0 Å². The molecule has 0 unspecified atom stereocenters. The third kappa shape index (κ3) is 5.90. The zero-order valence-corrected chi connectivity index (χ0v) is 23.7. The van der Waals surface area contributed by atoms with Crippen molar-refractivity contribution in [2.45, 2.75) is 56.5 Å². The zero-order chi connectivity index (χ0) is 28.3. The van der Waals surface area contributed by atoms with E-state index in [0.717, 1.165) is 24.9 Å². The lowest BCUT2D eigenvalue weighted by Gasteiger charge is -2.35. The summed E-state index contributed by atoms with van der Waals surface area (Å²) < 4.78 is 30.0. The molecule has 0 aromatic heterocycles. The first kappa shape index (κ1) is 28.2. The van der Waals surface area contributed by atoms with E-state index in [1.807, 2.05) is 43.0 Å². The number of piperidine rings is 1. The summed E-state index contributed by atoms with van der Waals surface area (Å²) in [5.74, 6) is -0.193. The zero-order valence-electron chi connectivity index (χ0n) is 22.9. The molecule has 0 aliphatic carbocycles. The highest BCUT2D eigenvalue weighted by Gasteiger charge is 2.36. The lowest BCUT2D eigenvalue weighted by molar-refractivity contribution is -0.180. The molecule has 10 heteroatoms. The number of likely N-dealkylation sites (tertiary alicyclic amines) is 1. The first-order valence-corrected chi connectivity index (χ1v) is 15.4. The van der Waals surface area contributed by atoms with Crippen molar-refractivity contribution < 1.29 is 22.8 Å². The average Bonchev–Trinajstić information content (AvgIpc) is 3.41. The molecule has 2 saturated heterocycles. The normalized spacial score (nSPS) is 18.8. The fraction of sp³-hybridized carbons (Fsp3) is 0.400. The number of hydrogen-bond acceptors (Lipinski definition) is 6. The Kier molecular flexibility index (Phi) is 8.51. The van der Waals surface area contributed by atoms with Crippen LogP contribution in [0.3, 0.4) is 0 Å². The van der Waals surface area contributed by atoms with E-state index in [4.69, 9.17) is 4.84 Å². The van der Waals surface area contributed by atoms with Gasteiger partial charge < -0.3 is 10.2 Å². The highest BCUT2D eigenvalue weighted by molar-refractivity contribution is 7.89. The van der Waals surface area contributed by atoms with Crippen LogP contribution in [-0.4, -0.2) is 68.5 Å². The lowest BCUT2D eigenvalue weighted by atomic mass is 10.0. The standard InChI is InChI=1S/C30H36N4O5S/c1-3-39-34-18-8-13-27(34)30(36)33-19-16-22(17-20-33)32-40(37,38)28-15-14-26(24-11-6-7-12-25(24)28)31-29(35)23-10-5-4-9-21(23)2/h4-7,9-12,14-15,22,27,32H,3,8,13,16-20H2,1-2H3,(H,31,35)/t27-/m0/s1. The molecule has 212 valence electrons. The second-order valence-corrected chi connectivity index (χ2v) is 12.0. The monoisotopic (exact) mass is 564 g/mol. The molecule has 0 radical (unpaired) electrons. The largest absolute Gasteiger partial charge is 0.341 e. The van der Waals surface area contributed by atoms with Crippen molar-refractivity contribution in [3.8, 4) is 0 Å². The topological polar surface area (TPSA) is 108 Å². The molecule has 2 amide bonds. The molecule has 2 fully saturated rings. The van der Waals surface area contributed by atoms with Gasteiger partial charge in [0.05, 0.1) is 11.5 Å². The predicted octanol–water partition coefficient (Wildman–Crippen LogP) is 4.09. The second kappa shape index (κ2) is 12.1. The number of nitrogens with zero attached hydrogens (tertiary/aromatic N) is 2. The summed E-state index contributed by atoms with van der Waals surface area (Å²) in [6, 6.07) is 17.1. The van der Waals surface area contributed by atoms with E-state index < -0.39 is 10.0 Å². The van der Waals surface area contributed by atoms with Gasteiger partial charge in [0.2, 0.25) is 15.9 Å². The molecule has 1 atom stereocenters. The summed E-state index contributed by atoms with van der Waals surface area (Å²) in [7, 11) is -3.85. The Bertz CT molecular complexity index is 1500. The minimum absolute atomic E-state index is 0.0570. The Morgan fingerprint density at radius 2 is 1.62 bits per heavy atom. The number of aryl methyl sites for hydroxylation is 1. The minimum atomic E-state index is -3.85. The maximum atomic E-state index is 13.6. The van der Waals surface area contributed by atoms with Gasteiger partial charge in [-0.3, -0.25) is 14.4 Å². The molecule has 0 bridgehead atoms. The fourth-order valence-electron chi connectivity index (χ4n) is 5.65. The van der Waals surface area contributed by atoms with Crippen molar-refractivity contribution >= 4 is 38.3 Å². The van der Waals surface area contributed by atoms with Gasteiger partial charge >= 0.3 is 0 Å². The third-order valence-corrected chi connectivity index (χ3v) is 9.30. The highest BCUT2D eigenvalue weighted by Crippen LogP contribution is 2.31. The van der Waals surface area contributed by atoms with E-state index in [1.54, 1.807) is 41.5 Å². The SMILES string of the molecule is CCON1CCC[C@H]1C(=O)N1CCC(NS(=O)(=O)c2ccc(NC(=O)c3ccccc3C)c3ccccc23)CC1. The number of nitrogens with one attached hydrogen (secondary N) is 2. The van der Waals surface area contributed by atoms with Crippen LogP contribution < -0.4 is 10.0 Å². The molecule has 2 heterocycles. The average molecular weight is 565 g/mol. The summed E-state index contributed by atoms with van der Waals surface area (Å²) in [6.07, 6.45) is 2.78. The third-order valence-electron chi connectivity index (χ3n) is 7.72. The van der Waals surface area contributed by atoms with Crippen molar-refractivity contribution in [1.82, 2.24) is 14.7 Å². The first-order valence-electron chi connectivity index (χ1n) is 13.9. The number of anilines is 1. The molecule has 40 heavy (non-hydrogen) atoms. The van der Waals surface area contributed by atoms with Crippen LogP contribution in [0.25, 0.3) is 10.8 Å². The van der Waals surface area contributed by atoms with Crippen LogP contribution in [0.1, 0.15) is 48.5 Å². The van der Waals surface area contributed by atoms with E-state index in [0.29, 0.717) is 54.6 Å². The van der Waals surface area contributed by atoms with Gasteiger partial charge in [-0.2, -0.15) is 5.06 Å². The fourth-order valence-corrected chi connectivity index (χ4v) is 7.17. The van der Waals surface area contributed by atoms with Gasteiger partial charge in [0, 0.05) is 47.7 Å². The van der Waals surface area contributed by atoms with Gasteiger partial charge in [0.1, 0.15) is 6.04 Å². The number of hydroxylamine groups is 2. The Morgan fingerprint density at radius 3 is 2.35 bits per heavy atom. The van der Waals surface area contributed by atoms with E-state index in [9.17, 15) is 18.0 Å². The summed E-state index contributed by atoms with van der Waals surface area (Å²) in [5, 5.41) is 5.91. The Morgan fingerprint density at radius 1 is 0.925 bits per heavy atom. The van der Waals surface area contributed by atoms with E-state index in [-0.39, 0.29) is 28.8 Å². The Hall–Kier alpha value is -3.31. The summed E-state index contributed by atoms with van der Waals surface area (Å²) >= 11 is 0. The van der Waals surface area contributed by atoms with Gasteiger partial charge in [0.15, 0.2) is 0 Å². The predicted molar refractivity (Wildman–Crippen MR) is 154 cm³/mol. The molecule has 2 aliphatic rings. The molecular weight excluding hydrogens is 528 g/mol. The van der Waals surface area contributed by atoms with Crippen molar-refractivity contribution in [3.63, 3.8) is 0 Å². The molecular formula is C30H36N4O5S. The van der Waals surface area contributed by atoms with Crippen LogP contribution >= 0.6 is 0 Å². The minimum Gasteiger partial charge on any atom is -0.341 e. The summed E-state index contributed by atoms with van der Waals surface area (Å²) in [6.45, 7) is 6.06. The van der Waals surface area contributed by atoms with E-state index in [1.165, 1.54) is 0 Å². The van der Waals surface area contributed by atoms with Crippen LogP contribution in [0.5, 0.6) is 0 Å². The number of benzene rings is 3. The molecule has 0 spiro atoms. The Labute approximate surface area is 235 Å². The summed E-state index contributed by atoms with van der Waals surface area (Å²) in [4.78, 5) is 33.7. The number of hydrogen-bond donors (Lipinski definition) is 2. The molecule has 2 N–H and O–H groups in total. The van der Waals surface area contributed by atoms with Gasteiger partial charge in [-0.15, -0.1) is 0 Å². The summed E-state index contributed by atoms with van der Waals surface area (Å²) in [5.41, 5.74) is 1.96. The molecule has 0 saturated carbocycles. The number of rotatable bonds is 8. The molecule has 3 aromatic rings. The molecule has 9 nitrogen and oxygen atoms in total. The van der Waals surface area contributed by atoms with Crippen LogP contribution in [0.15, 0.2) is 65.6 Å². The maximum Gasteiger partial charge on any atom is 0.255 e. The number of carbonyl (C=O) groups is 2. The number of sulfonamides is 1. The number of carbonyl (C=O) groups excluding carboxylic acids is 2. The Balaban J connectivity index is 1.28. The lowest BCUT2D eigenvalue weighted by Crippen LogP contribution is -2.51. The molecule has 3 aromatic carbocycles. The van der Waals surface area contributed by atoms with Gasteiger partial charge in [0.25, 0.3) is 5.91 Å². The van der Waals surface area contributed by atoms with Crippen LogP contribution in [0.4, 0.5) is 5.69 Å². The van der Waals surface area contributed by atoms with Crippen molar-refractivity contribution in [3.05, 3.63) is 71.8 Å². The smallest absolute Gasteiger partial charge is 0.255 e. The molecule has 5 rings (SSSR count). The number of amides is 2. The van der Waals surface area contributed by atoms with E-state index >= 15 is 0 Å². The maximum absolute atomic E-state index is 13.6.